The van der Waals surface area contributed by atoms with Gasteiger partial charge in [-0.05, 0) is 42.8 Å². The highest BCUT2D eigenvalue weighted by Gasteiger charge is 2.30. The highest BCUT2D eigenvalue weighted by molar-refractivity contribution is 6.36. The summed E-state index contributed by atoms with van der Waals surface area (Å²) in [5.41, 5.74) is 4.71. The fourth-order valence-electron chi connectivity index (χ4n) is 3.56. The Labute approximate surface area is 180 Å². The maximum absolute atomic E-state index is 12.8. The molecule has 1 amide bonds. The molecular formula is C25H19ClN2O2. The highest BCUT2D eigenvalue weighted by Crippen LogP contribution is 2.38. The fourth-order valence-corrected chi connectivity index (χ4v) is 3.81. The predicted octanol–water partition coefficient (Wildman–Crippen LogP) is 5.70. The van der Waals surface area contributed by atoms with E-state index in [1.165, 1.54) is 0 Å². The second-order valence-electron chi connectivity index (χ2n) is 6.87. The van der Waals surface area contributed by atoms with Crippen LogP contribution in [0.15, 0.2) is 66.7 Å². The monoisotopic (exact) mass is 414 g/mol. The number of anilines is 1. The van der Waals surface area contributed by atoms with Gasteiger partial charge in [0.2, 0.25) is 0 Å². The number of carbonyl (C=O) groups excluding carboxylic acids is 1. The standard InChI is InChI=1S/C25H19ClN2O2/c1-2-28-23-10-6-5-9-20(23)21(25(28)29)13-17-11-12-24(22(26)14-17)30-16-19-8-4-3-7-18(19)15-27/h3-14H,2,16H2,1H3/b21-13-. The quantitative estimate of drug-likeness (QED) is 0.503. The smallest absolute Gasteiger partial charge is 0.258 e. The van der Waals surface area contributed by atoms with E-state index in [4.69, 9.17) is 16.3 Å². The molecule has 0 saturated carbocycles. The zero-order valence-electron chi connectivity index (χ0n) is 16.4. The van der Waals surface area contributed by atoms with Crippen LogP contribution in [-0.2, 0) is 11.4 Å². The van der Waals surface area contributed by atoms with Crippen molar-refractivity contribution >= 4 is 34.8 Å². The molecule has 0 spiro atoms. The van der Waals surface area contributed by atoms with Crippen LogP contribution in [0.3, 0.4) is 0 Å². The van der Waals surface area contributed by atoms with Crippen molar-refractivity contribution in [2.75, 3.05) is 11.4 Å². The molecule has 4 nitrogen and oxygen atoms in total. The van der Waals surface area contributed by atoms with Crippen molar-refractivity contribution in [3.63, 3.8) is 0 Å². The summed E-state index contributed by atoms with van der Waals surface area (Å²) in [6.07, 6.45) is 1.86. The van der Waals surface area contributed by atoms with Gasteiger partial charge in [-0.15, -0.1) is 0 Å². The first-order chi connectivity index (χ1) is 14.6. The van der Waals surface area contributed by atoms with Gasteiger partial charge in [-0.25, -0.2) is 0 Å². The van der Waals surface area contributed by atoms with Gasteiger partial charge in [0.25, 0.3) is 5.91 Å². The minimum Gasteiger partial charge on any atom is -0.487 e. The van der Waals surface area contributed by atoms with Gasteiger partial charge >= 0.3 is 0 Å². The van der Waals surface area contributed by atoms with E-state index in [1.807, 2.05) is 61.5 Å². The molecule has 3 aromatic rings. The first-order valence-corrected chi connectivity index (χ1v) is 10.0. The van der Waals surface area contributed by atoms with Crippen molar-refractivity contribution in [1.29, 1.82) is 5.26 Å². The van der Waals surface area contributed by atoms with Crippen LogP contribution < -0.4 is 9.64 Å². The van der Waals surface area contributed by atoms with Crippen molar-refractivity contribution in [2.45, 2.75) is 13.5 Å². The third kappa shape index (κ3) is 3.68. The van der Waals surface area contributed by atoms with Crippen molar-refractivity contribution < 1.29 is 9.53 Å². The third-order valence-corrected chi connectivity index (χ3v) is 5.36. The molecule has 0 bridgehead atoms. The second kappa shape index (κ2) is 8.44. The molecule has 1 heterocycles. The van der Waals surface area contributed by atoms with E-state index >= 15 is 0 Å². The third-order valence-electron chi connectivity index (χ3n) is 5.06. The molecule has 0 fully saturated rings. The first-order valence-electron chi connectivity index (χ1n) is 9.65. The highest BCUT2D eigenvalue weighted by atomic mass is 35.5. The van der Waals surface area contributed by atoms with Gasteiger partial charge in [0.15, 0.2) is 0 Å². The van der Waals surface area contributed by atoms with E-state index in [9.17, 15) is 10.1 Å². The van der Waals surface area contributed by atoms with Crippen LogP contribution in [0.4, 0.5) is 5.69 Å². The van der Waals surface area contributed by atoms with E-state index in [0.717, 1.165) is 22.4 Å². The SMILES string of the molecule is CCN1C(=O)/C(=C\c2ccc(OCc3ccccc3C#N)c(Cl)c2)c2ccccc21. The van der Waals surface area contributed by atoms with Gasteiger partial charge in [0, 0.05) is 23.2 Å². The van der Waals surface area contributed by atoms with Crippen LogP contribution in [0.25, 0.3) is 11.6 Å². The van der Waals surface area contributed by atoms with Crippen molar-refractivity contribution in [1.82, 2.24) is 0 Å². The minimum absolute atomic E-state index is 0.0109. The van der Waals surface area contributed by atoms with Crippen LogP contribution in [-0.4, -0.2) is 12.5 Å². The molecule has 5 heteroatoms. The second-order valence-corrected chi connectivity index (χ2v) is 7.28. The van der Waals surface area contributed by atoms with Crippen LogP contribution in [0.5, 0.6) is 5.75 Å². The average molecular weight is 415 g/mol. The Morgan fingerprint density at radius 1 is 1.10 bits per heavy atom. The number of carbonyl (C=O) groups is 1. The number of halogens is 1. The molecule has 4 rings (SSSR count). The summed E-state index contributed by atoms with van der Waals surface area (Å²) < 4.78 is 5.82. The number of para-hydroxylation sites is 1. The summed E-state index contributed by atoms with van der Waals surface area (Å²) in [4.78, 5) is 14.6. The zero-order valence-corrected chi connectivity index (χ0v) is 17.2. The van der Waals surface area contributed by atoms with Crippen LogP contribution in [0.2, 0.25) is 5.02 Å². The lowest BCUT2D eigenvalue weighted by molar-refractivity contribution is -0.112. The molecule has 1 aliphatic rings. The van der Waals surface area contributed by atoms with Gasteiger partial charge < -0.3 is 9.64 Å². The van der Waals surface area contributed by atoms with Crippen molar-refractivity contribution in [3.8, 4) is 11.8 Å². The number of likely N-dealkylation sites (N-methyl/N-ethyl adjacent to an activating group) is 1. The lowest BCUT2D eigenvalue weighted by atomic mass is 10.0. The minimum atomic E-state index is -0.0109. The van der Waals surface area contributed by atoms with Gasteiger partial charge in [-0.1, -0.05) is 54.1 Å². The van der Waals surface area contributed by atoms with Crippen molar-refractivity contribution in [2.24, 2.45) is 0 Å². The first kappa shape index (κ1) is 19.8. The molecular weight excluding hydrogens is 396 g/mol. The number of ether oxygens (including phenoxy) is 1. The maximum atomic E-state index is 12.8. The Balaban J connectivity index is 1.58. The molecule has 0 N–H and O–H groups in total. The predicted molar refractivity (Wildman–Crippen MR) is 119 cm³/mol. The molecule has 30 heavy (non-hydrogen) atoms. The number of fused-ring (bicyclic) bond motifs is 1. The molecule has 1 aliphatic heterocycles. The number of hydrogen-bond donors (Lipinski definition) is 0. The molecule has 0 atom stereocenters. The Morgan fingerprint density at radius 3 is 2.63 bits per heavy atom. The summed E-state index contributed by atoms with van der Waals surface area (Å²) in [6, 6.07) is 22.7. The molecule has 0 aliphatic carbocycles. The van der Waals surface area contributed by atoms with E-state index in [2.05, 4.69) is 6.07 Å². The topological polar surface area (TPSA) is 53.3 Å². The summed E-state index contributed by atoms with van der Waals surface area (Å²) in [5.74, 6) is 0.517. The molecule has 148 valence electrons. The molecule has 0 saturated heterocycles. The summed E-state index contributed by atoms with van der Waals surface area (Å²) in [7, 11) is 0. The Hall–Kier alpha value is -3.55. The van der Waals surface area contributed by atoms with Crippen LogP contribution in [0, 0.1) is 11.3 Å². The summed E-state index contributed by atoms with van der Waals surface area (Å²) in [6.45, 7) is 2.83. The normalized spacial score (nSPS) is 14.0. The maximum Gasteiger partial charge on any atom is 0.258 e. The molecule has 3 aromatic carbocycles. The molecule has 0 unspecified atom stereocenters. The summed E-state index contributed by atoms with van der Waals surface area (Å²) >= 11 is 6.43. The molecule has 0 aromatic heterocycles. The number of rotatable bonds is 5. The lowest BCUT2D eigenvalue weighted by Crippen LogP contribution is -2.25. The van der Waals surface area contributed by atoms with Gasteiger partial charge in [0.05, 0.1) is 22.3 Å². The summed E-state index contributed by atoms with van der Waals surface area (Å²) in [5, 5.41) is 9.65. The number of nitrogens with zero attached hydrogens (tertiary/aromatic N) is 2. The number of nitriles is 1. The zero-order chi connectivity index (χ0) is 21.1. The average Bonchev–Trinajstić information content (AvgIpc) is 3.04. The number of benzene rings is 3. The van der Waals surface area contributed by atoms with Gasteiger partial charge in [-0.2, -0.15) is 5.26 Å². The fraction of sp³-hybridized carbons (Fsp3) is 0.120. The van der Waals surface area contributed by atoms with E-state index in [0.29, 0.717) is 28.5 Å². The Bertz CT molecular complexity index is 1190. The van der Waals surface area contributed by atoms with Gasteiger partial charge in [-0.3, -0.25) is 4.79 Å². The Morgan fingerprint density at radius 2 is 1.87 bits per heavy atom. The van der Waals surface area contributed by atoms with Gasteiger partial charge in [0.1, 0.15) is 12.4 Å². The van der Waals surface area contributed by atoms with Crippen molar-refractivity contribution in [3.05, 3.63) is 94.0 Å². The van der Waals surface area contributed by atoms with Crippen LogP contribution in [0.1, 0.15) is 29.2 Å². The lowest BCUT2D eigenvalue weighted by Gasteiger charge is -2.13. The van der Waals surface area contributed by atoms with E-state index < -0.39 is 0 Å². The van der Waals surface area contributed by atoms with E-state index in [-0.39, 0.29) is 12.5 Å². The largest absolute Gasteiger partial charge is 0.487 e. The number of amides is 1. The van der Waals surface area contributed by atoms with Crippen LogP contribution >= 0.6 is 11.6 Å². The number of hydrogen-bond acceptors (Lipinski definition) is 3. The Kier molecular flexibility index (Phi) is 5.56. The van der Waals surface area contributed by atoms with E-state index in [1.54, 1.807) is 23.1 Å². The molecule has 0 radical (unpaired) electrons.